The van der Waals surface area contributed by atoms with Gasteiger partial charge in [0.1, 0.15) is 5.75 Å². The molecule has 4 aromatic rings. The number of aromatic nitrogens is 3. The molecule has 0 aliphatic heterocycles. The van der Waals surface area contributed by atoms with Gasteiger partial charge in [0, 0.05) is 17.5 Å². The molecule has 124 valence electrons. The van der Waals surface area contributed by atoms with E-state index in [4.69, 9.17) is 4.74 Å². The maximum atomic E-state index is 5.36. The predicted molar refractivity (Wildman–Crippen MR) is 100 cm³/mol. The fraction of sp³-hybridized carbons (Fsp3) is 0.0952. The van der Waals surface area contributed by atoms with Gasteiger partial charge < -0.3 is 9.72 Å². The lowest BCUT2D eigenvalue weighted by molar-refractivity contribution is 0.412. The van der Waals surface area contributed by atoms with E-state index in [0.717, 1.165) is 39.5 Å². The van der Waals surface area contributed by atoms with Gasteiger partial charge in [0.2, 0.25) is 0 Å². The molecule has 0 radical (unpaired) electrons. The van der Waals surface area contributed by atoms with Gasteiger partial charge in [0.25, 0.3) is 0 Å². The van der Waals surface area contributed by atoms with E-state index in [0.29, 0.717) is 0 Å². The van der Waals surface area contributed by atoms with Crippen molar-refractivity contribution in [1.82, 2.24) is 14.8 Å². The number of nitrogens with zero attached hydrogens (tertiary/aromatic N) is 2. The highest BCUT2D eigenvalue weighted by molar-refractivity contribution is 5.66. The first kappa shape index (κ1) is 15.3. The molecule has 1 N–H and O–H groups in total. The molecule has 0 unspecified atom stereocenters. The molecule has 2 aromatic carbocycles. The lowest BCUT2D eigenvalue weighted by Crippen LogP contribution is -1.99. The fourth-order valence-electron chi connectivity index (χ4n) is 3.06. The summed E-state index contributed by atoms with van der Waals surface area (Å²) in [6, 6.07) is 20.7. The van der Waals surface area contributed by atoms with E-state index in [1.807, 2.05) is 42.2 Å². The van der Waals surface area contributed by atoms with E-state index in [-0.39, 0.29) is 0 Å². The van der Waals surface area contributed by atoms with E-state index >= 15 is 0 Å². The minimum Gasteiger partial charge on any atom is -0.496 e. The van der Waals surface area contributed by atoms with Crippen LogP contribution >= 0.6 is 0 Å². The summed E-state index contributed by atoms with van der Waals surface area (Å²) in [5.74, 6) is 0.894. The second kappa shape index (κ2) is 6.32. The second-order valence-electron chi connectivity index (χ2n) is 5.94. The lowest BCUT2D eigenvalue weighted by atomic mass is 10.1. The summed E-state index contributed by atoms with van der Waals surface area (Å²) in [7, 11) is 1.69. The Balaban J connectivity index is 1.71. The van der Waals surface area contributed by atoms with Gasteiger partial charge in [-0.3, -0.25) is 0 Å². The van der Waals surface area contributed by atoms with Crippen molar-refractivity contribution in [3.05, 3.63) is 78.6 Å². The highest BCUT2D eigenvalue weighted by Gasteiger charge is 2.10. The number of aromatic amines is 1. The van der Waals surface area contributed by atoms with E-state index in [2.05, 4.69) is 52.5 Å². The maximum Gasteiger partial charge on any atom is 0.121 e. The monoisotopic (exact) mass is 329 g/mol. The number of hydrogen-bond donors (Lipinski definition) is 1. The van der Waals surface area contributed by atoms with E-state index in [1.54, 1.807) is 7.11 Å². The summed E-state index contributed by atoms with van der Waals surface area (Å²) < 4.78 is 7.31. The van der Waals surface area contributed by atoms with Gasteiger partial charge in [0.05, 0.1) is 24.7 Å². The quantitative estimate of drug-likeness (QED) is 0.581. The summed E-state index contributed by atoms with van der Waals surface area (Å²) in [5.41, 5.74) is 6.57. The molecule has 0 atom stereocenters. The Morgan fingerprint density at radius 1 is 0.960 bits per heavy atom. The lowest BCUT2D eigenvalue weighted by Gasteiger charge is -2.11. The van der Waals surface area contributed by atoms with Crippen molar-refractivity contribution >= 4 is 0 Å². The van der Waals surface area contributed by atoms with Gasteiger partial charge in [0.15, 0.2) is 0 Å². The Hall–Kier alpha value is -3.27. The molecule has 0 aliphatic rings. The molecular weight excluding hydrogens is 310 g/mol. The molecule has 0 aliphatic carbocycles. The number of benzene rings is 2. The van der Waals surface area contributed by atoms with Crippen LogP contribution in [0.25, 0.3) is 28.2 Å². The zero-order chi connectivity index (χ0) is 17.2. The maximum absolute atomic E-state index is 5.36. The Morgan fingerprint density at radius 2 is 1.76 bits per heavy atom. The first-order chi connectivity index (χ1) is 12.3. The number of nitrogens with one attached hydrogen (secondary N) is 1. The number of H-pyrrole nitrogens is 1. The standard InChI is InChI=1S/C21H19N3O/c1-15-14-17(7-10-21(15)25-2)20-11-13-23-24(20)18-8-5-16(6-9-18)19-4-3-12-22-19/h3-14,22H,1-2H3. The topological polar surface area (TPSA) is 42.8 Å². The van der Waals surface area contributed by atoms with Crippen molar-refractivity contribution in [2.75, 3.05) is 7.11 Å². The number of rotatable bonds is 4. The molecule has 0 bridgehead atoms. The highest BCUT2D eigenvalue weighted by atomic mass is 16.5. The minimum atomic E-state index is 0.894. The molecule has 0 spiro atoms. The summed E-state index contributed by atoms with van der Waals surface area (Å²) >= 11 is 0. The molecular formula is C21H19N3O. The average molecular weight is 329 g/mol. The Morgan fingerprint density at radius 3 is 2.44 bits per heavy atom. The van der Waals surface area contributed by atoms with Gasteiger partial charge >= 0.3 is 0 Å². The first-order valence-corrected chi connectivity index (χ1v) is 8.19. The van der Waals surface area contributed by atoms with E-state index in [9.17, 15) is 0 Å². The summed E-state index contributed by atoms with van der Waals surface area (Å²) in [4.78, 5) is 3.23. The van der Waals surface area contributed by atoms with Crippen molar-refractivity contribution in [2.45, 2.75) is 6.92 Å². The smallest absolute Gasteiger partial charge is 0.121 e. The number of methoxy groups -OCH3 is 1. The zero-order valence-corrected chi connectivity index (χ0v) is 14.2. The van der Waals surface area contributed by atoms with Gasteiger partial charge in [-0.25, -0.2) is 4.68 Å². The van der Waals surface area contributed by atoms with Crippen LogP contribution in [0.2, 0.25) is 0 Å². The number of hydrogen-bond acceptors (Lipinski definition) is 2. The normalized spacial score (nSPS) is 10.8. The molecule has 4 nitrogen and oxygen atoms in total. The fourth-order valence-corrected chi connectivity index (χ4v) is 3.06. The largest absolute Gasteiger partial charge is 0.496 e. The molecule has 0 amide bonds. The zero-order valence-electron chi connectivity index (χ0n) is 14.2. The summed E-state index contributed by atoms with van der Waals surface area (Å²) in [6.07, 6.45) is 3.76. The summed E-state index contributed by atoms with van der Waals surface area (Å²) in [6.45, 7) is 2.05. The van der Waals surface area contributed by atoms with Crippen LogP contribution in [0.15, 0.2) is 73.1 Å². The number of ether oxygens (including phenoxy) is 1. The summed E-state index contributed by atoms with van der Waals surface area (Å²) in [5, 5.41) is 4.51. The Labute approximate surface area is 146 Å². The van der Waals surface area contributed by atoms with Gasteiger partial charge in [-0.1, -0.05) is 12.1 Å². The Kier molecular flexibility index (Phi) is 3.86. The molecule has 2 aromatic heterocycles. The van der Waals surface area contributed by atoms with Gasteiger partial charge in [-0.05, 0) is 66.6 Å². The third-order valence-electron chi connectivity index (χ3n) is 4.35. The molecule has 2 heterocycles. The van der Waals surface area contributed by atoms with E-state index < -0.39 is 0 Å². The van der Waals surface area contributed by atoms with E-state index in [1.165, 1.54) is 0 Å². The molecule has 4 heteroatoms. The first-order valence-electron chi connectivity index (χ1n) is 8.19. The molecule has 0 saturated carbocycles. The minimum absolute atomic E-state index is 0.894. The second-order valence-corrected chi connectivity index (χ2v) is 5.94. The van der Waals surface area contributed by atoms with Crippen LogP contribution in [0.4, 0.5) is 0 Å². The molecule has 25 heavy (non-hydrogen) atoms. The molecule has 0 saturated heterocycles. The van der Waals surface area contributed by atoms with Crippen molar-refractivity contribution in [3.8, 4) is 34.0 Å². The van der Waals surface area contributed by atoms with Crippen LogP contribution in [0, 0.1) is 6.92 Å². The molecule has 4 rings (SSSR count). The predicted octanol–water partition coefficient (Wildman–Crippen LogP) is 4.85. The highest BCUT2D eigenvalue weighted by Crippen LogP contribution is 2.28. The van der Waals surface area contributed by atoms with Crippen molar-refractivity contribution in [3.63, 3.8) is 0 Å². The third-order valence-corrected chi connectivity index (χ3v) is 4.35. The van der Waals surface area contributed by atoms with Gasteiger partial charge in [-0.15, -0.1) is 0 Å². The SMILES string of the molecule is COc1ccc(-c2ccnn2-c2ccc(-c3ccc[nH]3)cc2)cc1C. The van der Waals surface area contributed by atoms with Crippen molar-refractivity contribution < 1.29 is 4.74 Å². The van der Waals surface area contributed by atoms with Crippen LogP contribution in [0.5, 0.6) is 5.75 Å². The van der Waals surface area contributed by atoms with Crippen molar-refractivity contribution in [1.29, 1.82) is 0 Å². The number of aryl methyl sites for hydroxylation is 1. The van der Waals surface area contributed by atoms with Crippen molar-refractivity contribution in [2.24, 2.45) is 0 Å². The van der Waals surface area contributed by atoms with Crippen LogP contribution in [-0.4, -0.2) is 21.9 Å². The van der Waals surface area contributed by atoms with Gasteiger partial charge in [-0.2, -0.15) is 5.10 Å². The van der Waals surface area contributed by atoms with Crippen LogP contribution in [-0.2, 0) is 0 Å². The van der Waals surface area contributed by atoms with Crippen LogP contribution in [0.3, 0.4) is 0 Å². The van der Waals surface area contributed by atoms with Crippen LogP contribution < -0.4 is 4.74 Å². The average Bonchev–Trinajstić information content (AvgIpc) is 3.33. The Bertz CT molecular complexity index is 982. The third kappa shape index (κ3) is 2.83. The van der Waals surface area contributed by atoms with Crippen LogP contribution in [0.1, 0.15) is 5.56 Å². The molecule has 0 fully saturated rings.